The van der Waals surface area contributed by atoms with Crippen LogP contribution in [0.25, 0.3) is 0 Å². The summed E-state index contributed by atoms with van der Waals surface area (Å²) in [6.07, 6.45) is 3.46. The Kier molecular flexibility index (Phi) is 5.01. The monoisotopic (exact) mass is 128 g/mol. The van der Waals surface area contributed by atoms with E-state index in [4.69, 9.17) is 5.11 Å². The first-order valence-electron chi connectivity index (χ1n) is 2.66. The Bertz CT molecular complexity index is 80.3. The molecule has 3 heteroatoms. The van der Waals surface area contributed by atoms with Crippen LogP contribution < -0.4 is 0 Å². The quantitative estimate of drug-likeness (QED) is 0.547. The number of hydrogen-bond acceptors (Lipinski definition) is 3. The van der Waals surface area contributed by atoms with E-state index in [-0.39, 0.29) is 25.4 Å². The van der Waals surface area contributed by atoms with Gasteiger partial charge in [0, 0.05) is 19.4 Å². The van der Waals surface area contributed by atoms with E-state index in [1.54, 1.807) is 12.6 Å². The predicted molar refractivity (Wildman–Crippen MR) is 31.2 cm³/mol. The van der Waals surface area contributed by atoms with Gasteiger partial charge in [-0.1, -0.05) is 0 Å². The fraction of sp³-hybridized carbons (Fsp3) is 0.667. The van der Waals surface area contributed by atoms with Gasteiger partial charge in [0.2, 0.25) is 0 Å². The summed E-state index contributed by atoms with van der Waals surface area (Å²) in [6.45, 7) is -0.148. The Hall–Kier alpha value is -0.700. The molecule has 0 aromatic heterocycles. The first kappa shape index (κ1) is 8.30. The van der Waals surface area contributed by atoms with Gasteiger partial charge >= 0.3 is 0 Å². The van der Waals surface area contributed by atoms with Gasteiger partial charge in [-0.2, -0.15) is 0 Å². The lowest BCUT2D eigenvalue weighted by atomic mass is 10.1. The van der Waals surface area contributed by atoms with E-state index in [0.717, 1.165) is 0 Å². The Balaban J connectivity index is 3.39. The molecular formula is C6H8O3. The van der Waals surface area contributed by atoms with Gasteiger partial charge < -0.3 is 5.11 Å². The van der Waals surface area contributed by atoms with Gasteiger partial charge in [-0.05, 0) is 5.92 Å². The fourth-order valence-corrected chi connectivity index (χ4v) is 0.437. The molecule has 0 amide bonds. The normalized spacial score (nSPS) is 9.56. The van der Waals surface area contributed by atoms with E-state index >= 15 is 0 Å². The van der Waals surface area contributed by atoms with Crippen molar-refractivity contribution in [2.45, 2.75) is 12.8 Å². The summed E-state index contributed by atoms with van der Waals surface area (Å²) in [4.78, 5) is 19.4. The average molecular weight is 128 g/mol. The van der Waals surface area contributed by atoms with Crippen molar-refractivity contribution in [3.8, 4) is 0 Å². The molecule has 0 saturated carbocycles. The molecule has 0 aromatic carbocycles. The molecule has 0 aliphatic carbocycles. The van der Waals surface area contributed by atoms with Crippen molar-refractivity contribution in [2.75, 3.05) is 6.61 Å². The van der Waals surface area contributed by atoms with Gasteiger partial charge in [0.25, 0.3) is 0 Å². The highest BCUT2D eigenvalue weighted by molar-refractivity contribution is 5.55. The van der Waals surface area contributed by atoms with Gasteiger partial charge in [-0.3, -0.25) is 9.59 Å². The molecule has 0 aromatic rings. The van der Waals surface area contributed by atoms with Crippen LogP contribution in [0.4, 0.5) is 0 Å². The Morgan fingerprint density at radius 1 is 1.22 bits per heavy atom. The maximum Gasteiger partial charge on any atom is 0.198 e. The highest BCUT2D eigenvalue weighted by Crippen LogP contribution is 2.01. The van der Waals surface area contributed by atoms with Crippen LogP contribution in [0.15, 0.2) is 0 Å². The Morgan fingerprint density at radius 2 is 1.67 bits per heavy atom. The van der Waals surface area contributed by atoms with Crippen LogP contribution in [0.1, 0.15) is 12.8 Å². The average Bonchev–Trinajstić information content (AvgIpc) is 1.88. The van der Waals surface area contributed by atoms with Crippen molar-refractivity contribution in [3.05, 3.63) is 0 Å². The minimum absolute atomic E-state index is 0.117. The molecule has 0 fully saturated rings. The highest BCUT2D eigenvalue weighted by Gasteiger charge is 2.05. The van der Waals surface area contributed by atoms with Crippen LogP contribution >= 0.6 is 0 Å². The maximum atomic E-state index is 9.68. The summed E-state index contributed by atoms with van der Waals surface area (Å²) >= 11 is 0. The summed E-state index contributed by atoms with van der Waals surface area (Å²) in [5, 5.41) is 8.43. The zero-order chi connectivity index (χ0) is 7.11. The minimum atomic E-state index is -0.278. The molecule has 0 aliphatic heterocycles. The van der Waals surface area contributed by atoms with Crippen molar-refractivity contribution in [1.82, 2.24) is 0 Å². The smallest absolute Gasteiger partial charge is 0.198 e. The largest absolute Gasteiger partial charge is 0.396 e. The van der Waals surface area contributed by atoms with Gasteiger partial charge in [0.05, 0.1) is 0 Å². The minimum Gasteiger partial charge on any atom is -0.396 e. The highest BCUT2D eigenvalue weighted by atomic mass is 16.3. The zero-order valence-corrected chi connectivity index (χ0v) is 4.96. The number of aliphatic hydroxyl groups is 1. The molecule has 0 rings (SSSR count). The fourth-order valence-electron chi connectivity index (χ4n) is 0.437. The van der Waals surface area contributed by atoms with Crippen LogP contribution in [0.3, 0.4) is 0 Å². The SMILES string of the molecule is O=[C]CC(CO)C[C]=O. The zero-order valence-electron chi connectivity index (χ0n) is 4.96. The van der Waals surface area contributed by atoms with E-state index in [1.807, 2.05) is 0 Å². The van der Waals surface area contributed by atoms with Crippen molar-refractivity contribution in [3.63, 3.8) is 0 Å². The summed E-state index contributed by atoms with van der Waals surface area (Å²) in [5.74, 6) is -0.278. The molecule has 1 N–H and O–H groups in total. The molecule has 0 spiro atoms. The van der Waals surface area contributed by atoms with Crippen LogP contribution in [0.2, 0.25) is 0 Å². The molecule has 0 unspecified atom stereocenters. The molecule has 2 radical (unpaired) electrons. The van der Waals surface area contributed by atoms with Crippen LogP contribution in [-0.4, -0.2) is 24.3 Å². The van der Waals surface area contributed by atoms with Gasteiger partial charge in [-0.25, -0.2) is 0 Å². The van der Waals surface area contributed by atoms with Gasteiger partial charge in [0.15, 0.2) is 12.6 Å². The lowest BCUT2D eigenvalue weighted by molar-refractivity contribution is 0.232. The maximum absolute atomic E-state index is 9.68. The predicted octanol–water partition coefficient (Wildman–Crippen LogP) is -0.405. The summed E-state index contributed by atoms with van der Waals surface area (Å²) in [5.41, 5.74) is 0. The van der Waals surface area contributed by atoms with E-state index in [2.05, 4.69) is 0 Å². The molecule has 0 aliphatic rings. The van der Waals surface area contributed by atoms with E-state index in [0.29, 0.717) is 0 Å². The first-order chi connectivity index (χ1) is 4.35. The first-order valence-corrected chi connectivity index (χ1v) is 2.66. The summed E-state index contributed by atoms with van der Waals surface area (Å²) < 4.78 is 0. The van der Waals surface area contributed by atoms with Crippen molar-refractivity contribution >= 4 is 12.6 Å². The third-order valence-corrected chi connectivity index (χ3v) is 1.00. The Morgan fingerprint density at radius 3 is 1.89 bits per heavy atom. The number of hydrogen-bond donors (Lipinski definition) is 1. The lowest BCUT2D eigenvalue weighted by Gasteiger charge is -2.01. The summed E-state index contributed by atoms with van der Waals surface area (Å²) in [7, 11) is 0. The van der Waals surface area contributed by atoms with E-state index in [1.165, 1.54) is 0 Å². The second kappa shape index (κ2) is 5.44. The van der Waals surface area contributed by atoms with Crippen molar-refractivity contribution < 1.29 is 14.7 Å². The molecular weight excluding hydrogens is 120 g/mol. The van der Waals surface area contributed by atoms with Crippen molar-refractivity contribution in [2.24, 2.45) is 5.92 Å². The third-order valence-electron chi connectivity index (χ3n) is 1.00. The molecule has 9 heavy (non-hydrogen) atoms. The van der Waals surface area contributed by atoms with E-state index in [9.17, 15) is 9.59 Å². The van der Waals surface area contributed by atoms with Crippen LogP contribution in [0, 0.1) is 5.92 Å². The van der Waals surface area contributed by atoms with Crippen molar-refractivity contribution in [1.29, 1.82) is 0 Å². The second-order valence-corrected chi connectivity index (χ2v) is 1.75. The lowest BCUT2D eigenvalue weighted by Crippen LogP contribution is -2.06. The molecule has 0 heterocycles. The number of carbonyl (C=O) groups excluding carboxylic acids is 2. The molecule has 50 valence electrons. The molecule has 0 atom stereocenters. The van der Waals surface area contributed by atoms with Gasteiger partial charge in [0.1, 0.15) is 0 Å². The second-order valence-electron chi connectivity index (χ2n) is 1.75. The van der Waals surface area contributed by atoms with E-state index < -0.39 is 0 Å². The van der Waals surface area contributed by atoms with Gasteiger partial charge in [-0.15, -0.1) is 0 Å². The standard InChI is InChI=1S/C6H8O3/c7-3-1-6(5-9)2-4-8/h6,9H,1-2,5H2. The molecule has 0 bridgehead atoms. The van der Waals surface area contributed by atoms with Crippen LogP contribution in [0.5, 0.6) is 0 Å². The molecule has 0 saturated heterocycles. The summed E-state index contributed by atoms with van der Waals surface area (Å²) in [6, 6.07) is 0. The number of rotatable bonds is 5. The van der Waals surface area contributed by atoms with Crippen LogP contribution in [-0.2, 0) is 9.59 Å². The molecule has 3 nitrogen and oxygen atoms in total. The number of aliphatic hydroxyl groups excluding tert-OH is 1. The Labute approximate surface area is 53.7 Å². The topological polar surface area (TPSA) is 54.4 Å². The third kappa shape index (κ3) is 3.85.